The molecule has 46 heavy (non-hydrogen) atoms. The third kappa shape index (κ3) is 7.69. The summed E-state index contributed by atoms with van der Waals surface area (Å²) in [7, 11) is -0.643. The molecule has 246 valence electrons. The lowest BCUT2D eigenvalue weighted by Crippen LogP contribution is -2.48. The maximum absolute atomic E-state index is 13.7. The Hall–Kier alpha value is -3.97. The Kier molecular flexibility index (Phi) is 11.1. The number of hydrogen-bond acceptors (Lipinski definition) is 6. The highest BCUT2D eigenvalue weighted by Gasteiger charge is 2.29. The normalized spacial score (nSPS) is 17.3. The van der Waals surface area contributed by atoms with Gasteiger partial charge in [0, 0.05) is 32.1 Å². The van der Waals surface area contributed by atoms with Gasteiger partial charge < -0.3 is 16.4 Å². The second-order valence-electron chi connectivity index (χ2n) is 12.0. The molecule has 13 heteroatoms. The minimum Gasteiger partial charge on any atom is -0.344 e. The minimum atomic E-state index is -3.63. The molecule has 5 rings (SSSR count). The number of nitrogens with two attached hydrogens (primary N) is 1. The monoisotopic (exact) mass is 668 g/mol. The zero-order valence-corrected chi connectivity index (χ0v) is 27.8. The van der Waals surface area contributed by atoms with Gasteiger partial charge in [0.1, 0.15) is 6.04 Å². The highest BCUT2D eigenvalue weighted by Crippen LogP contribution is 2.30. The summed E-state index contributed by atoms with van der Waals surface area (Å²) in [6.45, 7) is 2.52. The van der Waals surface area contributed by atoms with Gasteiger partial charge in [-0.25, -0.2) is 12.7 Å². The first-order valence-corrected chi connectivity index (χ1v) is 16.5. The predicted molar refractivity (Wildman–Crippen MR) is 182 cm³/mol. The van der Waals surface area contributed by atoms with Crippen molar-refractivity contribution >= 4 is 50.8 Å². The van der Waals surface area contributed by atoms with Crippen LogP contribution in [0.4, 0.5) is 5.69 Å². The molecule has 0 saturated heterocycles. The number of carbonyl (C=O) groups is 2. The van der Waals surface area contributed by atoms with Crippen LogP contribution in [0.5, 0.6) is 0 Å². The zero-order chi connectivity index (χ0) is 32.3. The molecule has 1 aromatic heterocycles. The van der Waals surface area contributed by atoms with Gasteiger partial charge >= 0.3 is 0 Å². The second kappa shape index (κ2) is 14.6. The summed E-state index contributed by atoms with van der Waals surface area (Å²) in [4.78, 5) is 39.2. The topological polar surface area (TPSA) is 170 Å². The first kappa shape index (κ1) is 34.9. The van der Waals surface area contributed by atoms with E-state index < -0.39 is 22.0 Å². The van der Waals surface area contributed by atoms with Crippen molar-refractivity contribution in [2.45, 2.75) is 50.0 Å². The van der Waals surface area contributed by atoms with Gasteiger partial charge in [0.25, 0.3) is 5.56 Å². The van der Waals surface area contributed by atoms with Crippen molar-refractivity contribution in [3.63, 3.8) is 0 Å². The summed E-state index contributed by atoms with van der Waals surface area (Å²) in [6.07, 6.45) is 3.41. The van der Waals surface area contributed by atoms with E-state index >= 15 is 0 Å². The molecule has 1 aliphatic carbocycles. The van der Waals surface area contributed by atoms with Crippen LogP contribution in [-0.4, -0.2) is 61.4 Å². The Morgan fingerprint density at radius 2 is 1.74 bits per heavy atom. The third-order valence-corrected chi connectivity index (χ3v) is 10.5. The number of aryl methyl sites for hydroxylation is 1. The molecule has 1 atom stereocenters. The number of amides is 2. The largest absolute Gasteiger partial charge is 0.344 e. The highest BCUT2D eigenvalue weighted by atomic mass is 35.5. The minimum absolute atomic E-state index is 0. The van der Waals surface area contributed by atoms with Crippen LogP contribution in [0.2, 0.25) is 0 Å². The number of benzene rings is 3. The van der Waals surface area contributed by atoms with Crippen molar-refractivity contribution in [3.8, 4) is 11.1 Å². The molecule has 1 saturated carbocycles. The predicted octanol–water partition coefficient (Wildman–Crippen LogP) is 3.93. The molecule has 1 fully saturated rings. The van der Waals surface area contributed by atoms with E-state index in [0.717, 1.165) is 47.9 Å². The van der Waals surface area contributed by atoms with E-state index in [0.29, 0.717) is 29.1 Å². The molecule has 0 radical (unpaired) electrons. The summed E-state index contributed by atoms with van der Waals surface area (Å²) in [5.41, 5.74) is 9.88. The zero-order valence-electron chi connectivity index (χ0n) is 26.1. The van der Waals surface area contributed by atoms with Gasteiger partial charge in [0.05, 0.1) is 15.8 Å². The number of anilines is 1. The summed E-state index contributed by atoms with van der Waals surface area (Å²) in [5, 5.41) is 11.7. The van der Waals surface area contributed by atoms with Crippen LogP contribution in [0.3, 0.4) is 0 Å². The highest BCUT2D eigenvalue weighted by molar-refractivity contribution is 7.89. The van der Waals surface area contributed by atoms with Crippen LogP contribution >= 0.6 is 12.4 Å². The number of fused-ring (bicyclic) bond motifs is 1. The molecular weight excluding hydrogens is 628 g/mol. The summed E-state index contributed by atoms with van der Waals surface area (Å²) in [5.74, 6) is -0.332. The molecule has 1 aliphatic rings. The summed E-state index contributed by atoms with van der Waals surface area (Å²) < 4.78 is 26.8. The lowest BCUT2D eigenvalue weighted by Gasteiger charge is -2.28. The van der Waals surface area contributed by atoms with E-state index in [2.05, 4.69) is 20.8 Å². The van der Waals surface area contributed by atoms with Crippen molar-refractivity contribution in [2.75, 3.05) is 26.0 Å². The van der Waals surface area contributed by atoms with Crippen LogP contribution in [0.25, 0.3) is 22.0 Å². The summed E-state index contributed by atoms with van der Waals surface area (Å²) in [6, 6.07) is 16.6. The molecule has 4 aromatic rings. The lowest BCUT2D eigenvalue weighted by molar-refractivity contribution is -0.130. The van der Waals surface area contributed by atoms with Gasteiger partial charge in [-0.3, -0.25) is 24.6 Å². The van der Waals surface area contributed by atoms with Crippen molar-refractivity contribution in [1.82, 2.24) is 19.8 Å². The first-order valence-electron chi connectivity index (χ1n) is 15.1. The molecule has 2 amide bonds. The number of carbonyl (C=O) groups excluding carboxylic acids is 2. The molecule has 0 spiro atoms. The Labute approximate surface area is 274 Å². The van der Waals surface area contributed by atoms with Crippen molar-refractivity contribution < 1.29 is 18.0 Å². The Morgan fingerprint density at radius 1 is 1.00 bits per heavy atom. The van der Waals surface area contributed by atoms with Crippen molar-refractivity contribution in [2.24, 2.45) is 17.6 Å². The Balaban J connectivity index is 0.00000480. The molecule has 3 aromatic carbocycles. The van der Waals surface area contributed by atoms with E-state index in [1.54, 1.807) is 36.4 Å². The standard InChI is InChI=1S/C33H40N6O5S.ClH/c1-20-7-13-26(45(43,44)39(2)3)18-28(20)24-6-4-5-22(15-24)16-30(36-31(40)23-10-8-21(19-34)9-11-23)33(42)35-25-12-14-27-29(17-25)37-38-32(27)41;/h4-7,12-15,17-18,21,23,30H,8-11,16,19,34H2,1-3H3,(H,35,42)(H,36,40)(H2,37,38,41);1H/t21?,23?,30-;/m0./s1. The number of halogens is 1. The number of rotatable bonds is 10. The summed E-state index contributed by atoms with van der Waals surface area (Å²) >= 11 is 0. The third-order valence-electron chi connectivity index (χ3n) is 8.69. The van der Waals surface area contributed by atoms with E-state index in [-0.39, 0.29) is 41.1 Å². The van der Waals surface area contributed by atoms with Crippen LogP contribution in [-0.2, 0) is 26.0 Å². The number of aromatic nitrogens is 2. The van der Waals surface area contributed by atoms with Gasteiger partial charge in [-0.05, 0) is 97.7 Å². The quantitative estimate of drug-likeness (QED) is 0.171. The maximum Gasteiger partial charge on any atom is 0.271 e. The number of sulfonamides is 1. The number of nitrogens with one attached hydrogen (secondary N) is 4. The lowest BCUT2D eigenvalue weighted by atomic mass is 9.81. The van der Waals surface area contributed by atoms with Crippen LogP contribution < -0.4 is 21.9 Å². The fourth-order valence-corrected chi connectivity index (χ4v) is 6.82. The molecule has 0 unspecified atom stereocenters. The van der Waals surface area contributed by atoms with Gasteiger partial charge in [0.15, 0.2) is 0 Å². The van der Waals surface area contributed by atoms with Crippen LogP contribution in [0.15, 0.2) is 70.4 Å². The molecule has 0 bridgehead atoms. The number of H-pyrrole nitrogens is 2. The first-order chi connectivity index (χ1) is 21.5. The van der Waals surface area contributed by atoms with E-state index in [4.69, 9.17) is 5.73 Å². The van der Waals surface area contributed by atoms with E-state index in [9.17, 15) is 22.8 Å². The fourth-order valence-electron chi connectivity index (χ4n) is 5.89. The number of aromatic amines is 2. The molecule has 6 N–H and O–H groups in total. The van der Waals surface area contributed by atoms with Gasteiger partial charge in [-0.15, -0.1) is 12.4 Å². The SMILES string of the molecule is Cc1ccc(S(=O)(=O)N(C)C)cc1-c1cccc(C[C@H](NC(=O)C2CCC(CN)CC2)C(=O)Nc2ccc3c(=O)[nH][nH]c3c2)c1.Cl. The average molecular weight is 669 g/mol. The van der Waals surface area contributed by atoms with E-state index in [1.807, 2.05) is 31.2 Å². The molecule has 0 aliphatic heterocycles. The fraction of sp³-hybridized carbons (Fsp3) is 0.364. The second-order valence-corrected chi connectivity index (χ2v) is 14.2. The Morgan fingerprint density at radius 3 is 2.43 bits per heavy atom. The van der Waals surface area contributed by atoms with Crippen LogP contribution in [0, 0.1) is 18.8 Å². The smallest absolute Gasteiger partial charge is 0.271 e. The van der Waals surface area contributed by atoms with Gasteiger partial charge in [-0.2, -0.15) is 0 Å². The van der Waals surface area contributed by atoms with Gasteiger partial charge in [0.2, 0.25) is 21.8 Å². The van der Waals surface area contributed by atoms with Crippen molar-refractivity contribution in [3.05, 3.63) is 82.1 Å². The molecular formula is C33H41ClN6O5S. The maximum atomic E-state index is 13.7. The Bertz CT molecular complexity index is 1880. The molecule has 11 nitrogen and oxygen atoms in total. The van der Waals surface area contributed by atoms with Gasteiger partial charge in [-0.1, -0.05) is 30.3 Å². The number of nitrogens with zero attached hydrogens (tertiary/aromatic N) is 1. The number of hydrogen-bond donors (Lipinski definition) is 5. The molecule has 1 heterocycles. The average Bonchev–Trinajstić information content (AvgIpc) is 3.40. The van der Waals surface area contributed by atoms with Crippen LogP contribution in [0.1, 0.15) is 36.8 Å². The van der Waals surface area contributed by atoms with Crippen molar-refractivity contribution in [1.29, 1.82) is 0 Å². The van der Waals surface area contributed by atoms with E-state index in [1.165, 1.54) is 18.4 Å².